The van der Waals surface area contributed by atoms with Gasteiger partial charge in [-0.25, -0.2) is 0 Å². The molecule has 1 aromatic rings. The first-order valence-electron chi connectivity index (χ1n) is 8.37. The Kier molecular flexibility index (Phi) is 5.95. The molecular formula is C18H28N2O2. The van der Waals surface area contributed by atoms with Crippen LogP contribution in [-0.4, -0.2) is 40.6 Å². The zero-order valence-corrected chi connectivity index (χ0v) is 13.8. The molecule has 1 aromatic heterocycles. The Morgan fingerprint density at radius 3 is 2.59 bits per heavy atom. The zero-order valence-electron chi connectivity index (χ0n) is 13.8. The molecule has 0 spiro atoms. The van der Waals surface area contributed by atoms with Gasteiger partial charge in [-0.3, -0.25) is 14.7 Å². The Hall–Kier alpha value is -1.42. The van der Waals surface area contributed by atoms with Gasteiger partial charge < -0.3 is 5.11 Å². The highest BCUT2D eigenvalue weighted by Gasteiger charge is 2.37. The second-order valence-electron chi connectivity index (χ2n) is 7.01. The number of aliphatic carboxylic acids is 1. The third kappa shape index (κ3) is 4.54. The van der Waals surface area contributed by atoms with Crippen LogP contribution in [0.5, 0.6) is 0 Å². The summed E-state index contributed by atoms with van der Waals surface area (Å²) in [6.45, 7) is 6.02. The lowest BCUT2D eigenvalue weighted by Crippen LogP contribution is -2.46. The molecule has 1 heterocycles. The fraction of sp³-hybridized carbons (Fsp3) is 0.667. The Morgan fingerprint density at radius 2 is 2.05 bits per heavy atom. The average molecular weight is 304 g/mol. The minimum absolute atomic E-state index is 0.0177. The summed E-state index contributed by atoms with van der Waals surface area (Å²) in [6, 6.07) is 6.10. The molecule has 0 aromatic carbocycles. The van der Waals surface area contributed by atoms with Gasteiger partial charge in [0.15, 0.2) is 0 Å². The summed E-state index contributed by atoms with van der Waals surface area (Å²) in [5, 5.41) is 9.22. The minimum atomic E-state index is -0.743. The number of aromatic nitrogens is 1. The van der Waals surface area contributed by atoms with Crippen LogP contribution >= 0.6 is 0 Å². The minimum Gasteiger partial charge on any atom is -0.480 e. The van der Waals surface area contributed by atoms with Crippen molar-refractivity contribution in [3.05, 3.63) is 30.1 Å². The maximum Gasteiger partial charge on any atom is 0.317 e. The first-order valence-corrected chi connectivity index (χ1v) is 8.37. The first-order chi connectivity index (χ1) is 10.5. The van der Waals surface area contributed by atoms with Crippen molar-refractivity contribution in [2.24, 2.45) is 5.92 Å². The highest BCUT2D eigenvalue weighted by atomic mass is 16.4. The Labute approximate surface area is 133 Å². The summed E-state index contributed by atoms with van der Waals surface area (Å²) >= 11 is 0. The number of hydrogen-bond donors (Lipinski definition) is 1. The van der Waals surface area contributed by atoms with Crippen molar-refractivity contribution in [1.82, 2.24) is 9.88 Å². The van der Waals surface area contributed by atoms with Crippen LogP contribution in [0.1, 0.15) is 51.6 Å². The third-order valence-corrected chi connectivity index (χ3v) is 4.53. The summed E-state index contributed by atoms with van der Waals surface area (Å²) in [7, 11) is 0. The number of rotatable bonds is 7. The molecule has 0 radical (unpaired) electrons. The van der Waals surface area contributed by atoms with Crippen LogP contribution in [0, 0.1) is 5.92 Å². The summed E-state index contributed by atoms with van der Waals surface area (Å²) in [5.74, 6) is -0.281. The Balaban J connectivity index is 2.22. The third-order valence-electron chi connectivity index (χ3n) is 4.53. The molecule has 1 aliphatic rings. The van der Waals surface area contributed by atoms with E-state index in [0.717, 1.165) is 31.6 Å². The molecule has 0 saturated heterocycles. The number of carboxylic acid groups (broad SMARTS) is 1. The fourth-order valence-corrected chi connectivity index (χ4v) is 3.72. The van der Waals surface area contributed by atoms with E-state index in [2.05, 4.69) is 29.8 Å². The van der Waals surface area contributed by atoms with Crippen molar-refractivity contribution in [2.75, 3.05) is 19.6 Å². The standard InChI is InChI=1S/C18H28N2O2/c1-15(2)12-20(13-17(21)22)14-18(9-5-3-6-10-18)16-8-4-7-11-19-16/h4,7-8,11,15H,3,5-6,9-10,12-14H2,1-2H3,(H,21,22). The molecule has 4 heteroatoms. The van der Waals surface area contributed by atoms with E-state index in [1.165, 1.54) is 19.3 Å². The molecule has 0 atom stereocenters. The smallest absolute Gasteiger partial charge is 0.317 e. The number of hydrogen-bond acceptors (Lipinski definition) is 3. The van der Waals surface area contributed by atoms with Crippen molar-refractivity contribution in [1.29, 1.82) is 0 Å². The lowest BCUT2D eigenvalue weighted by atomic mass is 9.71. The van der Waals surface area contributed by atoms with Gasteiger partial charge in [0.2, 0.25) is 0 Å². The van der Waals surface area contributed by atoms with Crippen molar-refractivity contribution in [3.63, 3.8) is 0 Å². The number of carboxylic acids is 1. The lowest BCUT2D eigenvalue weighted by molar-refractivity contribution is -0.138. The SMILES string of the molecule is CC(C)CN(CC(=O)O)CC1(c2ccccn2)CCCCC1. The van der Waals surface area contributed by atoms with Gasteiger partial charge >= 0.3 is 5.97 Å². The van der Waals surface area contributed by atoms with E-state index in [1.807, 2.05) is 18.3 Å². The lowest BCUT2D eigenvalue weighted by Gasteiger charge is -2.41. The summed E-state index contributed by atoms with van der Waals surface area (Å²) in [6.07, 6.45) is 7.77. The molecule has 0 unspecified atom stereocenters. The maximum absolute atomic E-state index is 11.2. The van der Waals surface area contributed by atoms with Crippen LogP contribution in [0.4, 0.5) is 0 Å². The highest BCUT2D eigenvalue weighted by molar-refractivity contribution is 5.69. The average Bonchev–Trinajstić information content (AvgIpc) is 2.47. The van der Waals surface area contributed by atoms with E-state index in [-0.39, 0.29) is 12.0 Å². The van der Waals surface area contributed by atoms with Crippen molar-refractivity contribution in [2.45, 2.75) is 51.4 Å². The second kappa shape index (κ2) is 7.73. The second-order valence-corrected chi connectivity index (χ2v) is 7.01. The molecule has 1 N–H and O–H groups in total. The van der Waals surface area contributed by atoms with Gasteiger partial charge in [-0.15, -0.1) is 0 Å². The van der Waals surface area contributed by atoms with E-state index in [0.29, 0.717) is 5.92 Å². The molecule has 1 saturated carbocycles. The van der Waals surface area contributed by atoms with Crippen LogP contribution in [0.15, 0.2) is 24.4 Å². The molecule has 0 bridgehead atoms. The molecule has 4 nitrogen and oxygen atoms in total. The zero-order chi connectivity index (χ0) is 16.0. The van der Waals surface area contributed by atoms with Gasteiger partial charge in [0, 0.05) is 30.4 Å². The van der Waals surface area contributed by atoms with Crippen LogP contribution in [-0.2, 0) is 10.2 Å². The van der Waals surface area contributed by atoms with Gasteiger partial charge in [0.1, 0.15) is 0 Å². The van der Waals surface area contributed by atoms with Gasteiger partial charge in [0.25, 0.3) is 0 Å². The van der Waals surface area contributed by atoms with E-state index >= 15 is 0 Å². The van der Waals surface area contributed by atoms with E-state index in [4.69, 9.17) is 0 Å². The van der Waals surface area contributed by atoms with E-state index in [9.17, 15) is 9.90 Å². The highest BCUT2D eigenvalue weighted by Crippen LogP contribution is 2.39. The van der Waals surface area contributed by atoms with Crippen molar-refractivity contribution in [3.8, 4) is 0 Å². The monoisotopic (exact) mass is 304 g/mol. The quantitative estimate of drug-likeness (QED) is 0.839. The van der Waals surface area contributed by atoms with Gasteiger partial charge in [0.05, 0.1) is 6.54 Å². The van der Waals surface area contributed by atoms with Gasteiger partial charge in [-0.1, -0.05) is 39.2 Å². The summed E-state index contributed by atoms with van der Waals surface area (Å²) < 4.78 is 0. The van der Waals surface area contributed by atoms with Crippen LogP contribution in [0.25, 0.3) is 0 Å². The van der Waals surface area contributed by atoms with Crippen LogP contribution in [0.2, 0.25) is 0 Å². The largest absolute Gasteiger partial charge is 0.480 e. The van der Waals surface area contributed by atoms with Crippen molar-refractivity contribution >= 4 is 5.97 Å². The maximum atomic E-state index is 11.2. The number of nitrogens with zero attached hydrogens (tertiary/aromatic N) is 2. The van der Waals surface area contributed by atoms with Crippen LogP contribution in [0.3, 0.4) is 0 Å². The molecular weight excluding hydrogens is 276 g/mol. The molecule has 0 amide bonds. The van der Waals surface area contributed by atoms with Crippen LogP contribution < -0.4 is 0 Å². The van der Waals surface area contributed by atoms with Crippen molar-refractivity contribution < 1.29 is 9.90 Å². The predicted octanol–water partition coefficient (Wildman–Crippen LogP) is 3.33. The molecule has 0 aliphatic heterocycles. The topological polar surface area (TPSA) is 53.4 Å². The van der Waals surface area contributed by atoms with Gasteiger partial charge in [-0.05, 0) is 30.9 Å². The number of pyridine rings is 1. The fourth-order valence-electron chi connectivity index (χ4n) is 3.72. The molecule has 2 rings (SSSR count). The van der Waals surface area contributed by atoms with E-state index < -0.39 is 5.97 Å². The Morgan fingerprint density at radius 1 is 1.32 bits per heavy atom. The Bertz CT molecular complexity index is 467. The van der Waals surface area contributed by atoms with E-state index in [1.54, 1.807) is 0 Å². The summed E-state index contributed by atoms with van der Waals surface area (Å²) in [4.78, 5) is 17.9. The summed E-state index contributed by atoms with van der Waals surface area (Å²) in [5.41, 5.74) is 1.15. The number of carbonyl (C=O) groups is 1. The normalized spacial score (nSPS) is 17.8. The molecule has 1 aliphatic carbocycles. The molecule has 122 valence electrons. The first kappa shape index (κ1) is 16.9. The predicted molar refractivity (Wildman–Crippen MR) is 87.9 cm³/mol. The molecule has 1 fully saturated rings. The van der Waals surface area contributed by atoms with Gasteiger partial charge in [-0.2, -0.15) is 0 Å². The molecule has 22 heavy (non-hydrogen) atoms.